The van der Waals surface area contributed by atoms with Crippen molar-refractivity contribution in [2.75, 3.05) is 19.0 Å². The number of anilines is 1. The third-order valence-electron chi connectivity index (χ3n) is 3.84. The minimum Gasteiger partial charge on any atom is -0.440 e. The molecule has 0 N–H and O–H groups in total. The summed E-state index contributed by atoms with van der Waals surface area (Å²) >= 11 is 3.29. The van der Waals surface area contributed by atoms with Gasteiger partial charge in [0.2, 0.25) is 12.8 Å². The van der Waals surface area contributed by atoms with Crippen LogP contribution in [0.25, 0.3) is 0 Å². The van der Waals surface area contributed by atoms with E-state index >= 15 is 0 Å². The lowest BCUT2D eigenvalue weighted by Crippen LogP contribution is -2.10. The number of rotatable bonds is 8. The van der Waals surface area contributed by atoms with Gasteiger partial charge < -0.3 is 19.2 Å². The zero-order valence-electron chi connectivity index (χ0n) is 16.7. The van der Waals surface area contributed by atoms with Crippen molar-refractivity contribution in [3.8, 4) is 17.5 Å². The van der Waals surface area contributed by atoms with Crippen LogP contribution in [-0.2, 0) is 4.84 Å². The molecule has 3 rings (SSSR count). The van der Waals surface area contributed by atoms with E-state index in [-0.39, 0.29) is 6.01 Å². The lowest BCUT2D eigenvalue weighted by Gasteiger charge is -2.15. The summed E-state index contributed by atoms with van der Waals surface area (Å²) in [6.45, 7) is 1.91. The van der Waals surface area contributed by atoms with E-state index in [1.165, 1.54) is 12.8 Å². The lowest BCUT2D eigenvalue weighted by molar-refractivity contribution is 0.335. The summed E-state index contributed by atoms with van der Waals surface area (Å²) in [6.07, 6.45) is 5.69. The first-order valence-corrected chi connectivity index (χ1v) is 9.71. The number of para-hydroxylation sites is 2. The summed E-state index contributed by atoms with van der Waals surface area (Å²) < 4.78 is 12.0. The lowest BCUT2D eigenvalue weighted by atomic mass is 10.2. The number of aliphatic imine (C=N–C) groups is 1. The first-order chi connectivity index (χ1) is 14.5. The van der Waals surface area contributed by atoms with Crippen LogP contribution in [0.15, 0.2) is 69.5 Å². The summed E-state index contributed by atoms with van der Waals surface area (Å²) in [5.41, 5.74) is 2.50. The normalized spacial score (nSPS) is 11.1. The maximum absolute atomic E-state index is 5.68. The number of aromatic nitrogens is 2. The number of oxime groups is 1. The van der Waals surface area contributed by atoms with E-state index in [0.29, 0.717) is 17.2 Å². The van der Waals surface area contributed by atoms with Gasteiger partial charge in [-0.2, -0.15) is 0 Å². The van der Waals surface area contributed by atoms with Gasteiger partial charge >= 0.3 is 6.01 Å². The molecule has 0 atom stereocenters. The molecule has 0 bridgehead atoms. The molecular formula is C21H20BrN5O3. The second kappa shape index (κ2) is 10.4. The van der Waals surface area contributed by atoms with E-state index in [1.807, 2.05) is 56.3 Å². The molecule has 3 aromatic rings. The average molecular weight is 470 g/mol. The van der Waals surface area contributed by atoms with E-state index in [2.05, 4.69) is 36.0 Å². The van der Waals surface area contributed by atoms with E-state index in [4.69, 9.17) is 14.3 Å². The highest BCUT2D eigenvalue weighted by Gasteiger charge is 2.05. The Morgan fingerprint density at radius 2 is 1.77 bits per heavy atom. The predicted octanol–water partition coefficient (Wildman–Crippen LogP) is 5.10. The van der Waals surface area contributed by atoms with Crippen LogP contribution in [0.1, 0.15) is 5.56 Å². The van der Waals surface area contributed by atoms with Crippen molar-refractivity contribution in [3.05, 3.63) is 64.9 Å². The van der Waals surface area contributed by atoms with Crippen molar-refractivity contribution < 1.29 is 14.3 Å². The Kier molecular flexibility index (Phi) is 7.34. The Bertz CT molecular complexity index is 1040. The molecule has 0 aliphatic carbocycles. The van der Waals surface area contributed by atoms with Crippen molar-refractivity contribution in [1.29, 1.82) is 0 Å². The fourth-order valence-electron chi connectivity index (χ4n) is 2.42. The van der Waals surface area contributed by atoms with Gasteiger partial charge in [0.1, 0.15) is 5.75 Å². The number of hydrogen-bond donors (Lipinski definition) is 0. The molecule has 0 aliphatic rings. The topological polar surface area (TPSA) is 81.4 Å². The Labute approximate surface area is 183 Å². The quantitative estimate of drug-likeness (QED) is 0.259. The minimum atomic E-state index is 0.270. The maximum atomic E-state index is 5.68. The highest BCUT2D eigenvalue weighted by molar-refractivity contribution is 9.10. The molecule has 154 valence electrons. The number of nitrogens with zero attached hydrogens (tertiary/aromatic N) is 5. The van der Waals surface area contributed by atoms with Gasteiger partial charge in [0.15, 0.2) is 5.75 Å². The maximum Gasteiger partial charge on any atom is 0.321 e. The van der Waals surface area contributed by atoms with Crippen molar-refractivity contribution >= 4 is 40.1 Å². The molecule has 8 nitrogen and oxygen atoms in total. The standard InChI is InChI=1S/C21H20BrN5O3/c1-15-10-17(8-9-19(15)30-21-23-11-16(22)12-24-21)25-13-29-26-14-28-20-7-5-4-6-18(20)27(2)3/h4-14H,1-3H3. The second-order valence-electron chi connectivity index (χ2n) is 6.27. The van der Waals surface area contributed by atoms with Gasteiger partial charge in [0, 0.05) is 26.5 Å². The van der Waals surface area contributed by atoms with Crippen molar-refractivity contribution in [1.82, 2.24) is 9.97 Å². The zero-order chi connectivity index (χ0) is 21.3. The van der Waals surface area contributed by atoms with Gasteiger partial charge in [-0.3, -0.25) is 0 Å². The molecule has 9 heteroatoms. The van der Waals surface area contributed by atoms with Crippen LogP contribution in [0.3, 0.4) is 0 Å². The molecule has 0 amide bonds. The van der Waals surface area contributed by atoms with Gasteiger partial charge in [-0.25, -0.2) is 15.0 Å². The summed E-state index contributed by atoms with van der Waals surface area (Å²) in [7, 11) is 3.87. The number of benzene rings is 2. The molecule has 0 aliphatic heterocycles. The average Bonchev–Trinajstić information content (AvgIpc) is 2.74. The smallest absolute Gasteiger partial charge is 0.321 e. The largest absolute Gasteiger partial charge is 0.440 e. The van der Waals surface area contributed by atoms with Gasteiger partial charge in [-0.15, -0.1) is 0 Å². The molecule has 0 spiro atoms. The highest BCUT2D eigenvalue weighted by atomic mass is 79.9. The van der Waals surface area contributed by atoms with E-state index < -0.39 is 0 Å². The van der Waals surface area contributed by atoms with Crippen LogP contribution in [0.2, 0.25) is 0 Å². The Morgan fingerprint density at radius 3 is 2.50 bits per heavy atom. The monoisotopic (exact) mass is 469 g/mol. The van der Waals surface area contributed by atoms with Gasteiger partial charge in [0.05, 0.1) is 15.8 Å². The van der Waals surface area contributed by atoms with Crippen molar-refractivity contribution in [3.63, 3.8) is 0 Å². The molecule has 2 aromatic carbocycles. The van der Waals surface area contributed by atoms with Crippen LogP contribution >= 0.6 is 15.9 Å². The summed E-state index contributed by atoms with van der Waals surface area (Å²) in [6, 6.07) is 13.3. The third-order valence-corrected chi connectivity index (χ3v) is 4.25. The summed E-state index contributed by atoms with van der Waals surface area (Å²) in [4.78, 5) is 19.4. The molecule has 0 saturated carbocycles. The number of halogens is 1. The predicted molar refractivity (Wildman–Crippen MR) is 120 cm³/mol. The van der Waals surface area contributed by atoms with Crippen molar-refractivity contribution in [2.24, 2.45) is 10.1 Å². The van der Waals surface area contributed by atoms with Crippen molar-refractivity contribution in [2.45, 2.75) is 6.92 Å². The van der Waals surface area contributed by atoms with Crippen LogP contribution in [0.4, 0.5) is 11.4 Å². The fraction of sp³-hybridized carbons (Fsp3) is 0.143. The first kappa shape index (κ1) is 21.3. The molecule has 0 fully saturated rings. The molecule has 1 heterocycles. The second-order valence-corrected chi connectivity index (χ2v) is 7.18. The Morgan fingerprint density at radius 1 is 1.00 bits per heavy atom. The Balaban J connectivity index is 1.53. The number of hydrogen-bond acceptors (Lipinski definition) is 8. The third kappa shape index (κ3) is 6.02. The molecule has 0 saturated heterocycles. The van der Waals surface area contributed by atoms with Crippen LogP contribution in [-0.4, -0.2) is 36.9 Å². The first-order valence-electron chi connectivity index (χ1n) is 8.92. The van der Waals surface area contributed by atoms with Crippen LogP contribution in [0, 0.1) is 6.92 Å². The molecule has 1 aromatic heterocycles. The molecule has 0 unspecified atom stereocenters. The van der Waals surface area contributed by atoms with E-state index in [9.17, 15) is 0 Å². The molecular weight excluding hydrogens is 450 g/mol. The zero-order valence-corrected chi connectivity index (χ0v) is 18.3. The highest BCUT2D eigenvalue weighted by Crippen LogP contribution is 2.27. The number of ether oxygens (including phenoxy) is 2. The molecule has 0 radical (unpaired) electrons. The van der Waals surface area contributed by atoms with Crippen LogP contribution < -0.4 is 14.4 Å². The fourth-order valence-corrected chi connectivity index (χ4v) is 2.63. The van der Waals surface area contributed by atoms with Gasteiger partial charge in [-0.05, 0) is 63.9 Å². The van der Waals surface area contributed by atoms with Gasteiger partial charge in [-0.1, -0.05) is 12.1 Å². The summed E-state index contributed by atoms with van der Waals surface area (Å²) in [5, 5.41) is 3.72. The molecule has 30 heavy (non-hydrogen) atoms. The van der Waals surface area contributed by atoms with Gasteiger partial charge in [0.25, 0.3) is 0 Å². The minimum absolute atomic E-state index is 0.270. The summed E-state index contributed by atoms with van der Waals surface area (Å²) in [5.74, 6) is 1.32. The number of aryl methyl sites for hydroxylation is 1. The van der Waals surface area contributed by atoms with E-state index in [1.54, 1.807) is 24.5 Å². The SMILES string of the molecule is Cc1cc(N=CON=COc2ccccc2N(C)C)ccc1Oc1ncc(Br)cn1. The van der Waals surface area contributed by atoms with E-state index in [0.717, 1.165) is 15.7 Å². The Hall–Kier alpha value is -3.46. The van der Waals surface area contributed by atoms with Crippen LogP contribution in [0.5, 0.6) is 17.5 Å².